The first-order valence-electron chi connectivity index (χ1n) is 6.36. The molecule has 114 valence electrons. The Labute approximate surface area is 142 Å². The number of benzene rings is 1. The molecule has 0 saturated heterocycles. The van der Waals surface area contributed by atoms with Crippen LogP contribution in [0.15, 0.2) is 45.1 Å². The molecule has 0 amide bonds. The maximum atomic E-state index is 12.8. The number of nitrogens with zero attached hydrogens (tertiary/aromatic N) is 1. The minimum Gasteiger partial charge on any atom is -0.207 e. The third-order valence-corrected chi connectivity index (χ3v) is 7.10. The lowest BCUT2D eigenvalue weighted by molar-refractivity contribution is 0.426. The molecule has 0 aliphatic rings. The van der Waals surface area contributed by atoms with Crippen LogP contribution >= 0.6 is 38.9 Å². The first kappa shape index (κ1) is 17.0. The summed E-state index contributed by atoms with van der Waals surface area (Å²) in [6.07, 6.45) is 0. The molecule has 1 aromatic heterocycles. The van der Waals surface area contributed by atoms with Gasteiger partial charge in [-0.05, 0) is 45.1 Å². The molecule has 0 aliphatic carbocycles. The molecule has 1 aromatic carbocycles. The van der Waals surface area contributed by atoms with Crippen LogP contribution in [0.4, 0.5) is 0 Å². The predicted octanol–water partition coefficient (Wildman–Crippen LogP) is 4.46. The summed E-state index contributed by atoms with van der Waals surface area (Å²) >= 11 is 10.7. The lowest BCUT2D eigenvalue weighted by Gasteiger charge is -2.20. The van der Waals surface area contributed by atoms with Crippen molar-refractivity contribution in [3.05, 3.63) is 50.6 Å². The van der Waals surface area contributed by atoms with Crippen LogP contribution in [0.1, 0.15) is 17.4 Å². The van der Waals surface area contributed by atoms with E-state index in [0.717, 1.165) is 10.4 Å². The zero-order chi connectivity index (χ0) is 15.5. The zero-order valence-corrected chi connectivity index (χ0v) is 15.4. The molecule has 0 bridgehead atoms. The van der Waals surface area contributed by atoms with Crippen molar-refractivity contribution in [1.82, 2.24) is 4.31 Å². The average molecular weight is 409 g/mol. The summed E-state index contributed by atoms with van der Waals surface area (Å²) < 4.78 is 27.6. The van der Waals surface area contributed by atoms with Crippen LogP contribution in [0.5, 0.6) is 0 Å². The monoisotopic (exact) mass is 407 g/mol. The van der Waals surface area contributed by atoms with Crippen molar-refractivity contribution in [2.24, 2.45) is 0 Å². The molecule has 1 heterocycles. The van der Waals surface area contributed by atoms with Crippen molar-refractivity contribution in [1.29, 1.82) is 0 Å². The summed E-state index contributed by atoms with van der Waals surface area (Å²) in [5, 5.41) is 1.95. The van der Waals surface area contributed by atoms with Gasteiger partial charge in [0.05, 0.1) is 4.90 Å². The zero-order valence-electron chi connectivity index (χ0n) is 11.4. The van der Waals surface area contributed by atoms with Gasteiger partial charge in [-0.25, -0.2) is 8.42 Å². The smallest absolute Gasteiger partial charge is 0.207 e. The molecule has 2 aromatic rings. The summed E-state index contributed by atoms with van der Waals surface area (Å²) in [6, 6.07) is 8.96. The van der Waals surface area contributed by atoms with Crippen LogP contribution in [0.2, 0.25) is 0 Å². The molecule has 2 rings (SSSR count). The van der Waals surface area contributed by atoms with Gasteiger partial charge in [0.15, 0.2) is 0 Å². The third kappa shape index (κ3) is 3.87. The van der Waals surface area contributed by atoms with Crippen molar-refractivity contribution in [2.45, 2.75) is 24.2 Å². The minimum atomic E-state index is -3.53. The Hall–Kier alpha value is -0.400. The lowest BCUT2D eigenvalue weighted by Crippen LogP contribution is -2.30. The molecule has 0 fully saturated rings. The van der Waals surface area contributed by atoms with Crippen LogP contribution in [0.3, 0.4) is 0 Å². The van der Waals surface area contributed by atoms with Crippen LogP contribution < -0.4 is 0 Å². The quantitative estimate of drug-likeness (QED) is 0.662. The van der Waals surface area contributed by atoms with Gasteiger partial charge in [0.2, 0.25) is 10.0 Å². The standard InChI is InChI=1S/C14H15BrClNO2S2/c1-2-17(10-12-4-3-7-20-12)21(18,19)14-6-5-11(9-16)8-13(14)15/h3-8H,2,9-10H2,1H3. The largest absolute Gasteiger partial charge is 0.244 e. The Morgan fingerprint density at radius 3 is 2.62 bits per heavy atom. The first-order valence-corrected chi connectivity index (χ1v) is 10.0. The van der Waals surface area contributed by atoms with Gasteiger partial charge in [0.1, 0.15) is 0 Å². The Bertz CT molecular complexity index is 702. The van der Waals surface area contributed by atoms with Gasteiger partial charge < -0.3 is 0 Å². The van der Waals surface area contributed by atoms with Crippen LogP contribution in [-0.2, 0) is 22.4 Å². The van der Waals surface area contributed by atoms with Gasteiger partial charge in [-0.15, -0.1) is 22.9 Å². The molecule has 0 unspecified atom stereocenters. The normalized spacial score (nSPS) is 12.0. The number of sulfonamides is 1. The van der Waals surface area contributed by atoms with Gasteiger partial charge in [-0.1, -0.05) is 19.1 Å². The number of halogens is 2. The van der Waals surface area contributed by atoms with Gasteiger partial charge in [-0.3, -0.25) is 0 Å². The van der Waals surface area contributed by atoms with E-state index < -0.39 is 10.0 Å². The van der Waals surface area contributed by atoms with E-state index in [1.54, 1.807) is 29.5 Å². The number of hydrogen-bond donors (Lipinski definition) is 0. The highest BCUT2D eigenvalue weighted by molar-refractivity contribution is 9.10. The second-order valence-electron chi connectivity index (χ2n) is 4.41. The highest BCUT2D eigenvalue weighted by Gasteiger charge is 2.25. The highest BCUT2D eigenvalue weighted by atomic mass is 79.9. The maximum Gasteiger partial charge on any atom is 0.244 e. The molecule has 7 heteroatoms. The summed E-state index contributed by atoms with van der Waals surface area (Å²) in [5.74, 6) is 0.353. The molecule has 0 aliphatic heterocycles. The first-order chi connectivity index (χ1) is 9.98. The molecule has 0 N–H and O–H groups in total. The van der Waals surface area contributed by atoms with E-state index in [4.69, 9.17) is 11.6 Å². The number of rotatable bonds is 6. The highest BCUT2D eigenvalue weighted by Crippen LogP contribution is 2.28. The molecule has 0 saturated carbocycles. The van der Waals surface area contributed by atoms with Crippen molar-refractivity contribution in [3.63, 3.8) is 0 Å². The molecule has 3 nitrogen and oxygen atoms in total. The van der Waals surface area contributed by atoms with E-state index in [2.05, 4.69) is 15.9 Å². The van der Waals surface area contributed by atoms with Gasteiger partial charge >= 0.3 is 0 Å². The molecule has 0 spiro atoms. The van der Waals surface area contributed by atoms with Crippen LogP contribution in [-0.4, -0.2) is 19.3 Å². The van der Waals surface area contributed by atoms with Crippen LogP contribution in [0.25, 0.3) is 0 Å². The molecule has 21 heavy (non-hydrogen) atoms. The van der Waals surface area contributed by atoms with E-state index in [9.17, 15) is 8.42 Å². The molecular formula is C14H15BrClNO2S2. The Morgan fingerprint density at radius 1 is 1.33 bits per heavy atom. The number of alkyl halides is 1. The van der Waals surface area contributed by atoms with Crippen molar-refractivity contribution >= 4 is 48.9 Å². The van der Waals surface area contributed by atoms with E-state index in [-0.39, 0.29) is 4.90 Å². The second kappa shape index (κ2) is 7.24. The lowest BCUT2D eigenvalue weighted by atomic mass is 10.2. The Kier molecular flexibility index (Phi) is 5.85. The van der Waals surface area contributed by atoms with Gasteiger partial charge in [0, 0.05) is 28.3 Å². The van der Waals surface area contributed by atoms with E-state index in [0.29, 0.717) is 23.4 Å². The maximum absolute atomic E-state index is 12.8. The van der Waals surface area contributed by atoms with Crippen molar-refractivity contribution < 1.29 is 8.42 Å². The fourth-order valence-corrected chi connectivity index (χ4v) is 5.40. The predicted molar refractivity (Wildman–Crippen MR) is 91.3 cm³/mol. The van der Waals surface area contributed by atoms with Crippen molar-refractivity contribution in [3.8, 4) is 0 Å². The van der Waals surface area contributed by atoms with Gasteiger partial charge in [-0.2, -0.15) is 4.31 Å². The van der Waals surface area contributed by atoms with Crippen LogP contribution in [0, 0.1) is 0 Å². The second-order valence-corrected chi connectivity index (χ2v) is 8.47. The van der Waals surface area contributed by atoms with E-state index in [1.165, 1.54) is 4.31 Å². The molecule has 0 atom stereocenters. The van der Waals surface area contributed by atoms with Gasteiger partial charge in [0.25, 0.3) is 0 Å². The minimum absolute atomic E-state index is 0.273. The SMILES string of the molecule is CCN(Cc1cccs1)S(=O)(=O)c1ccc(CCl)cc1Br. The number of hydrogen-bond acceptors (Lipinski definition) is 3. The molecule has 0 radical (unpaired) electrons. The van der Waals surface area contributed by atoms with Crippen molar-refractivity contribution in [2.75, 3.05) is 6.54 Å². The fraction of sp³-hybridized carbons (Fsp3) is 0.286. The van der Waals surface area contributed by atoms with E-state index >= 15 is 0 Å². The number of thiophene rings is 1. The summed E-state index contributed by atoms with van der Waals surface area (Å²) in [6.45, 7) is 2.65. The summed E-state index contributed by atoms with van der Waals surface area (Å²) in [5.41, 5.74) is 0.879. The summed E-state index contributed by atoms with van der Waals surface area (Å²) in [4.78, 5) is 1.30. The Balaban J connectivity index is 2.35. The van der Waals surface area contributed by atoms with E-state index in [1.807, 2.05) is 24.4 Å². The average Bonchev–Trinajstić information content (AvgIpc) is 2.97. The Morgan fingerprint density at radius 2 is 2.10 bits per heavy atom. The molecular weight excluding hydrogens is 394 g/mol. The third-order valence-electron chi connectivity index (χ3n) is 3.03. The topological polar surface area (TPSA) is 37.4 Å². The fourth-order valence-electron chi connectivity index (χ4n) is 1.92. The summed E-state index contributed by atoms with van der Waals surface area (Å²) in [7, 11) is -3.53.